The molecule has 28 heavy (non-hydrogen) atoms. The Labute approximate surface area is 165 Å². The zero-order chi connectivity index (χ0) is 19.4. The minimum atomic E-state index is -0.339. The highest BCUT2D eigenvalue weighted by atomic mass is 16.5. The molecule has 3 aromatic rings. The summed E-state index contributed by atoms with van der Waals surface area (Å²) in [6.07, 6.45) is 7.82. The van der Waals surface area contributed by atoms with Crippen LogP contribution < -0.4 is 10.1 Å². The number of carbonyl (C=O) groups is 1. The van der Waals surface area contributed by atoms with Crippen LogP contribution in [0.3, 0.4) is 0 Å². The van der Waals surface area contributed by atoms with E-state index in [1.54, 1.807) is 13.3 Å². The molecule has 0 atom stereocenters. The number of amides is 1. The molecule has 0 spiro atoms. The third-order valence-corrected chi connectivity index (χ3v) is 5.83. The Hall–Kier alpha value is -2.88. The normalized spacial score (nSPS) is 15.9. The number of pyridine rings is 1. The summed E-state index contributed by atoms with van der Waals surface area (Å²) >= 11 is 0. The number of nitrogens with one attached hydrogen (secondary N) is 1. The number of hydrogen-bond donors (Lipinski definition) is 1. The van der Waals surface area contributed by atoms with Crippen molar-refractivity contribution in [2.45, 2.75) is 38.5 Å². The second-order valence-corrected chi connectivity index (χ2v) is 7.74. The molecule has 1 aliphatic rings. The first kappa shape index (κ1) is 18.5. The Morgan fingerprint density at radius 3 is 2.61 bits per heavy atom. The van der Waals surface area contributed by atoms with Gasteiger partial charge in [-0.05, 0) is 43.0 Å². The van der Waals surface area contributed by atoms with Gasteiger partial charge >= 0.3 is 0 Å². The zero-order valence-corrected chi connectivity index (χ0v) is 16.3. The van der Waals surface area contributed by atoms with Crippen LogP contribution in [0.1, 0.15) is 37.7 Å². The molecule has 0 unspecified atom stereocenters. The minimum absolute atomic E-state index is 0.116. The van der Waals surface area contributed by atoms with Crippen LogP contribution in [0.25, 0.3) is 10.9 Å². The van der Waals surface area contributed by atoms with Crippen LogP contribution in [0.2, 0.25) is 0 Å². The van der Waals surface area contributed by atoms with E-state index in [0.717, 1.165) is 54.4 Å². The van der Waals surface area contributed by atoms with Gasteiger partial charge in [0.2, 0.25) is 5.91 Å². The molecule has 1 aromatic heterocycles. The molecule has 0 radical (unpaired) electrons. The summed E-state index contributed by atoms with van der Waals surface area (Å²) in [5.74, 6) is 0.895. The molecule has 2 aromatic carbocycles. The van der Waals surface area contributed by atoms with Gasteiger partial charge in [0.05, 0.1) is 29.9 Å². The van der Waals surface area contributed by atoms with Gasteiger partial charge < -0.3 is 10.1 Å². The third kappa shape index (κ3) is 3.86. The number of anilines is 1. The Kier molecular flexibility index (Phi) is 5.29. The highest BCUT2D eigenvalue weighted by Crippen LogP contribution is 2.40. The summed E-state index contributed by atoms with van der Waals surface area (Å²) in [5.41, 5.74) is 2.49. The molecule has 4 nitrogen and oxygen atoms in total. The zero-order valence-electron chi connectivity index (χ0n) is 16.3. The molecule has 1 heterocycles. The molecule has 1 aliphatic carbocycles. The SMILES string of the molecule is COc1ccc2cc(NC(=O)C3(Cc4ccccc4)CCCCC3)cnc2c1. The Morgan fingerprint density at radius 2 is 1.86 bits per heavy atom. The summed E-state index contributed by atoms with van der Waals surface area (Å²) in [4.78, 5) is 17.9. The molecule has 4 heteroatoms. The molecule has 0 saturated heterocycles. The van der Waals surface area contributed by atoms with Gasteiger partial charge in [0.25, 0.3) is 0 Å². The molecule has 0 aliphatic heterocycles. The largest absolute Gasteiger partial charge is 0.497 e. The van der Waals surface area contributed by atoms with Crippen LogP contribution in [0.4, 0.5) is 5.69 Å². The maximum atomic E-state index is 13.4. The number of nitrogens with zero attached hydrogens (tertiary/aromatic N) is 1. The molecule has 1 saturated carbocycles. The van der Waals surface area contributed by atoms with E-state index in [4.69, 9.17) is 4.74 Å². The van der Waals surface area contributed by atoms with Gasteiger partial charge in [0.15, 0.2) is 0 Å². The standard InChI is InChI=1S/C24H26N2O2/c1-28-21-11-10-19-14-20(17-25-22(19)15-21)26-23(27)24(12-6-3-7-13-24)16-18-8-4-2-5-9-18/h2,4-5,8-11,14-15,17H,3,6-7,12-13,16H2,1H3,(H,26,27). The summed E-state index contributed by atoms with van der Waals surface area (Å²) in [6.45, 7) is 0. The van der Waals surface area contributed by atoms with Crippen molar-refractivity contribution in [1.29, 1.82) is 0 Å². The smallest absolute Gasteiger partial charge is 0.230 e. The van der Waals surface area contributed by atoms with Crippen LogP contribution in [-0.4, -0.2) is 18.0 Å². The van der Waals surface area contributed by atoms with Crippen molar-refractivity contribution in [3.8, 4) is 5.75 Å². The number of hydrogen-bond acceptors (Lipinski definition) is 3. The van der Waals surface area contributed by atoms with E-state index < -0.39 is 0 Å². The average Bonchev–Trinajstić information content (AvgIpc) is 2.74. The molecule has 0 bridgehead atoms. The molecule has 4 rings (SSSR count). The van der Waals surface area contributed by atoms with Crippen LogP contribution in [0, 0.1) is 5.41 Å². The Balaban J connectivity index is 1.58. The number of ether oxygens (including phenoxy) is 1. The van der Waals surface area contributed by atoms with Crippen molar-refractivity contribution in [2.75, 3.05) is 12.4 Å². The fourth-order valence-corrected chi connectivity index (χ4v) is 4.26. The predicted octanol–water partition coefficient (Wildman–Crippen LogP) is 5.38. The van der Waals surface area contributed by atoms with Crippen molar-refractivity contribution in [1.82, 2.24) is 4.98 Å². The fourth-order valence-electron chi connectivity index (χ4n) is 4.26. The van der Waals surface area contributed by atoms with Crippen LogP contribution in [-0.2, 0) is 11.2 Å². The van der Waals surface area contributed by atoms with Crippen LogP contribution in [0.15, 0.2) is 60.8 Å². The van der Waals surface area contributed by atoms with Crippen molar-refractivity contribution >= 4 is 22.5 Å². The Morgan fingerprint density at radius 1 is 1.07 bits per heavy atom. The Bertz CT molecular complexity index is 963. The first-order valence-electron chi connectivity index (χ1n) is 9.98. The van der Waals surface area contributed by atoms with Crippen molar-refractivity contribution < 1.29 is 9.53 Å². The lowest BCUT2D eigenvalue weighted by Gasteiger charge is -2.36. The summed E-state index contributed by atoms with van der Waals surface area (Å²) in [5, 5.41) is 4.15. The lowest BCUT2D eigenvalue weighted by Crippen LogP contribution is -2.40. The summed E-state index contributed by atoms with van der Waals surface area (Å²) < 4.78 is 5.26. The number of methoxy groups -OCH3 is 1. The van der Waals surface area contributed by atoms with Gasteiger partial charge in [-0.15, -0.1) is 0 Å². The fraction of sp³-hybridized carbons (Fsp3) is 0.333. The van der Waals surface area contributed by atoms with E-state index in [9.17, 15) is 4.79 Å². The topological polar surface area (TPSA) is 51.2 Å². The van der Waals surface area contributed by atoms with E-state index in [1.807, 2.05) is 42.5 Å². The predicted molar refractivity (Wildman–Crippen MR) is 113 cm³/mol. The quantitative estimate of drug-likeness (QED) is 0.653. The second kappa shape index (κ2) is 8.01. The third-order valence-electron chi connectivity index (χ3n) is 5.83. The van der Waals surface area contributed by atoms with Gasteiger partial charge in [-0.2, -0.15) is 0 Å². The van der Waals surface area contributed by atoms with E-state index >= 15 is 0 Å². The molecular weight excluding hydrogens is 348 g/mol. The number of fused-ring (bicyclic) bond motifs is 1. The van der Waals surface area contributed by atoms with Gasteiger partial charge in [0, 0.05) is 11.5 Å². The van der Waals surface area contributed by atoms with E-state index in [2.05, 4.69) is 22.4 Å². The highest BCUT2D eigenvalue weighted by Gasteiger charge is 2.39. The van der Waals surface area contributed by atoms with Gasteiger partial charge in [-0.3, -0.25) is 9.78 Å². The molecule has 1 N–H and O–H groups in total. The maximum absolute atomic E-state index is 13.4. The van der Waals surface area contributed by atoms with Gasteiger partial charge in [0.1, 0.15) is 5.75 Å². The molecular formula is C24H26N2O2. The number of rotatable bonds is 5. The summed E-state index contributed by atoms with van der Waals surface area (Å²) in [7, 11) is 1.64. The first-order valence-corrected chi connectivity index (χ1v) is 9.98. The molecule has 144 valence electrons. The first-order chi connectivity index (χ1) is 13.7. The molecule has 1 amide bonds. The van der Waals surface area contributed by atoms with E-state index in [0.29, 0.717) is 0 Å². The number of carbonyl (C=O) groups excluding carboxylic acids is 1. The number of benzene rings is 2. The van der Waals surface area contributed by atoms with E-state index in [1.165, 1.54) is 12.0 Å². The van der Waals surface area contributed by atoms with E-state index in [-0.39, 0.29) is 11.3 Å². The van der Waals surface area contributed by atoms with Crippen LogP contribution in [0.5, 0.6) is 5.75 Å². The van der Waals surface area contributed by atoms with Crippen molar-refractivity contribution in [3.63, 3.8) is 0 Å². The number of aromatic nitrogens is 1. The lowest BCUT2D eigenvalue weighted by atomic mass is 9.69. The maximum Gasteiger partial charge on any atom is 0.230 e. The minimum Gasteiger partial charge on any atom is -0.497 e. The van der Waals surface area contributed by atoms with Crippen molar-refractivity contribution in [2.24, 2.45) is 5.41 Å². The van der Waals surface area contributed by atoms with Crippen molar-refractivity contribution in [3.05, 3.63) is 66.4 Å². The molecule has 1 fully saturated rings. The monoisotopic (exact) mass is 374 g/mol. The van der Waals surface area contributed by atoms with Gasteiger partial charge in [-0.1, -0.05) is 49.6 Å². The average molecular weight is 374 g/mol. The second-order valence-electron chi connectivity index (χ2n) is 7.74. The van der Waals surface area contributed by atoms with Gasteiger partial charge in [-0.25, -0.2) is 0 Å². The lowest BCUT2D eigenvalue weighted by molar-refractivity contribution is -0.127. The van der Waals surface area contributed by atoms with Crippen LogP contribution >= 0.6 is 0 Å². The summed E-state index contributed by atoms with van der Waals surface area (Å²) in [6, 6.07) is 18.1. The highest BCUT2D eigenvalue weighted by molar-refractivity contribution is 5.97.